The van der Waals surface area contributed by atoms with Gasteiger partial charge in [0.2, 0.25) is 0 Å². The molecule has 0 aromatic rings. The van der Waals surface area contributed by atoms with Crippen molar-refractivity contribution in [2.75, 3.05) is 7.11 Å². The van der Waals surface area contributed by atoms with E-state index in [4.69, 9.17) is 0 Å². The molecule has 0 aliphatic rings. The Labute approximate surface area is 107 Å². The van der Waals surface area contributed by atoms with Gasteiger partial charge in [0.15, 0.2) is 0 Å². The van der Waals surface area contributed by atoms with Crippen LogP contribution in [0.25, 0.3) is 0 Å². The van der Waals surface area contributed by atoms with Crippen molar-refractivity contribution in [2.45, 2.75) is 13.8 Å². The normalized spacial score (nSPS) is 6.83. The Morgan fingerprint density at radius 2 is 1.22 bits per heavy atom. The topological polar surface area (TPSA) is 78.9 Å². The first-order chi connectivity index (χ1) is 8.35. The van der Waals surface area contributed by atoms with Crippen LogP contribution in [0.2, 0.25) is 0 Å². The predicted octanol–water partition coefficient (Wildman–Crippen LogP) is 1.73. The third kappa shape index (κ3) is 37.3. The summed E-state index contributed by atoms with van der Waals surface area (Å²) in [6, 6.07) is 0. The third-order valence-electron chi connectivity index (χ3n) is 0.866. The molecule has 0 fully saturated rings. The Morgan fingerprint density at radius 1 is 0.889 bits per heavy atom. The average Bonchev–Trinajstić information content (AvgIpc) is 2.29. The molecule has 0 saturated carbocycles. The van der Waals surface area contributed by atoms with Crippen molar-refractivity contribution in [3.8, 4) is 0 Å². The zero-order valence-corrected chi connectivity index (χ0v) is 10.8. The highest BCUT2D eigenvalue weighted by atomic mass is 16.5. The van der Waals surface area contributed by atoms with E-state index in [0.29, 0.717) is 0 Å². The van der Waals surface area contributed by atoms with Crippen molar-refractivity contribution >= 4 is 17.9 Å². The number of rotatable bonds is 3. The van der Waals surface area contributed by atoms with Crippen LogP contribution in [-0.2, 0) is 28.6 Å². The minimum atomic E-state index is -0.394. The molecular weight excluding hydrogens is 240 g/mol. The Bertz CT molecular complexity index is 273. The van der Waals surface area contributed by atoms with Crippen LogP contribution in [-0.4, -0.2) is 25.0 Å². The fourth-order valence-electron chi connectivity index (χ4n) is 0.318. The summed E-state index contributed by atoms with van der Waals surface area (Å²) < 4.78 is 12.5. The zero-order chi connectivity index (χ0) is 15.0. The first-order valence-corrected chi connectivity index (χ1v) is 4.62. The van der Waals surface area contributed by atoms with E-state index in [0.717, 1.165) is 18.6 Å². The first-order valence-electron chi connectivity index (χ1n) is 4.62. The molecule has 0 radical (unpaired) electrons. The van der Waals surface area contributed by atoms with Gasteiger partial charge in [0.25, 0.3) is 0 Å². The summed E-state index contributed by atoms with van der Waals surface area (Å²) in [5.74, 6) is -1.05. The van der Waals surface area contributed by atoms with Crippen molar-refractivity contribution in [3.63, 3.8) is 0 Å². The maximum Gasteiger partial charge on any atom is 0.329 e. The van der Waals surface area contributed by atoms with Gasteiger partial charge in [0.1, 0.15) is 0 Å². The monoisotopic (exact) mass is 258 g/mol. The molecule has 102 valence electrons. The molecule has 0 unspecified atom stereocenters. The van der Waals surface area contributed by atoms with E-state index in [1.807, 2.05) is 0 Å². The molecule has 0 bridgehead atoms. The van der Waals surface area contributed by atoms with Gasteiger partial charge < -0.3 is 14.2 Å². The molecular formula is C12H18O6. The lowest BCUT2D eigenvalue weighted by Gasteiger charge is -1.83. The van der Waals surface area contributed by atoms with Gasteiger partial charge in [-0.2, -0.15) is 0 Å². The van der Waals surface area contributed by atoms with Crippen LogP contribution in [0.5, 0.6) is 0 Å². The van der Waals surface area contributed by atoms with Gasteiger partial charge in [0.05, 0.1) is 19.6 Å². The van der Waals surface area contributed by atoms with Crippen molar-refractivity contribution in [2.24, 2.45) is 0 Å². The molecule has 0 aromatic carbocycles. The Kier molecular flexibility index (Phi) is 19.9. The predicted molar refractivity (Wildman–Crippen MR) is 66.1 cm³/mol. The second-order valence-electron chi connectivity index (χ2n) is 2.28. The van der Waals surface area contributed by atoms with Crippen LogP contribution >= 0.6 is 0 Å². The number of carbonyl (C=O) groups excluding carboxylic acids is 3. The third-order valence-corrected chi connectivity index (χ3v) is 0.866. The summed E-state index contributed by atoms with van der Waals surface area (Å²) >= 11 is 0. The fraction of sp³-hybridized carbons (Fsp3) is 0.250. The lowest BCUT2D eigenvalue weighted by Crippen LogP contribution is -1.91. The van der Waals surface area contributed by atoms with Gasteiger partial charge in [-0.1, -0.05) is 19.7 Å². The molecule has 0 aliphatic carbocycles. The van der Waals surface area contributed by atoms with Gasteiger partial charge in [-0.05, 0) is 0 Å². The maximum absolute atomic E-state index is 9.84. The smallest absolute Gasteiger partial charge is 0.329 e. The lowest BCUT2D eigenvalue weighted by molar-refractivity contribution is -0.136. The Hall–Kier alpha value is -2.37. The van der Waals surface area contributed by atoms with E-state index < -0.39 is 5.97 Å². The van der Waals surface area contributed by atoms with Crippen LogP contribution in [0.15, 0.2) is 38.3 Å². The van der Waals surface area contributed by atoms with E-state index in [1.54, 1.807) is 0 Å². The summed E-state index contributed by atoms with van der Waals surface area (Å²) in [6.07, 6.45) is 3.31. The molecule has 0 saturated heterocycles. The number of esters is 3. The molecule has 0 amide bonds. The summed E-state index contributed by atoms with van der Waals surface area (Å²) in [5.41, 5.74) is 0. The SMILES string of the molecule is C=CC(=O)OC.C=COC(C)=O.C=COC(C)=O. The highest BCUT2D eigenvalue weighted by Crippen LogP contribution is 1.71. The molecule has 0 spiro atoms. The highest BCUT2D eigenvalue weighted by molar-refractivity contribution is 5.80. The zero-order valence-electron chi connectivity index (χ0n) is 10.8. The van der Waals surface area contributed by atoms with Crippen LogP contribution in [0.1, 0.15) is 13.8 Å². The van der Waals surface area contributed by atoms with Crippen LogP contribution < -0.4 is 0 Å². The average molecular weight is 258 g/mol. The molecule has 0 aromatic heterocycles. The number of hydrogen-bond donors (Lipinski definition) is 0. The van der Waals surface area contributed by atoms with E-state index in [-0.39, 0.29) is 11.9 Å². The molecule has 0 heterocycles. The molecule has 6 nitrogen and oxygen atoms in total. The van der Waals surface area contributed by atoms with Gasteiger partial charge in [-0.3, -0.25) is 9.59 Å². The second-order valence-corrected chi connectivity index (χ2v) is 2.28. The Balaban J connectivity index is -0.000000187. The molecule has 0 N–H and O–H groups in total. The minimum Gasteiger partial charge on any atom is -0.466 e. The van der Waals surface area contributed by atoms with E-state index in [9.17, 15) is 14.4 Å². The first kappa shape index (κ1) is 21.0. The quantitative estimate of drug-likeness (QED) is 0.332. The molecule has 0 atom stereocenters. The summed E-state index contributed by atoms with van der Waals surface area (Å²) in [7, 11) is 1.31. The fourth-order valence-corrected chi connectivity index (χ4v) is 0.318. The standard InChI is InChI=1S/3C4H6O2/c1-3-4(5)6-2;2*1-3-6-4(2)5/h3*3H,1H2,2H3. The number of ether oxygens (including phenoxy) is 3. The minimum absolute atomic E-state index is 0.329. The number of methoxy groups -OCH3 is 1. The van der Waals surface area contributed by atoms with E-state index >= 15 is 0 Å². The van der Waals surface area contributed by atoms with Crippen molar-refractivity contribution in [1.29, 1.82) is 0 Å². The molecule has 0 rings (SSSR count). The van der Waals surface area contributed by atoms with Crippen LogP contribution in [0.4, 0.5) is 0 Å². The second kappa shape index (κ2) is 17.0. The Morgan fingerprint density at radius 3 is 1.22 bits per heavy atom. The largest absolute Gasteiger partial charge is 0.466 e. The molecule has 18 heavy (non-hydrogen) atoms. The van der Waals surface area contributed by atoms with Crippen LogP contribution in [0.3, 0.4) is 0 Å². The van der Waals surface area contributed by atoms with E-state index in [1.165, 1.54) is 21.0 Å². The van der Waals surface area contributed by atoms with Crippen molar-refractivity contribution in [1.82, 2.24) is 0 Å². The van der Waals surface area contributed by atoms with Gasteiger partial charge in [0, 0.05) is 19.9 Å². The van der Waals surface area contributed by atoms with E-state index in [2.05, 4.69) is 33.9 Å². The molecule has 6 heteroatoms. The highest BCUT2D eigenvalue weighted by Gasteiger charge is 1.82. The molecule has 0 aliphatic heterocycles. The van der Waals surface area contributed by atoms with Gasteiger partial charge in [-0.15, -0.1) is 0 Å². The summed E-state index contributed by atoms with van der Waals surface area (Å²) in [4.78, 5) is 29.3. The van der Waals surface area contributed by atoms with Crippen molar-refractivity contribution < 1.29 is 28.6 Å². The van der Waals surface area contributed by atoms with Crippen molar-refractivity contribution in [3.05, 3.63) is 38.3 Å². The lowest BCUT2D eigenvalue weighted by atomic mass is 10.7. The number of hydrogen-bond acceptors (Lipinski definition) is 6. The van der Waals surface area contributed by atoms with Crippen LogP contribution in [0, 0.1) is 0 Å². The maximum atomic E-state index is 9.84. The van der Waals surface area contributed by atoms with Gasteiger partial charge in [-0.25, -0.2) is 4.79 Å². The number of carbonyl (C=O) groups is 3. The summed E-state index contributed by atoms with van der Waals surface area (Å²) in [5, 5.41) is 0. The van der Waals surface area contributed by atoms with Gasteiger partial charge >= 0.3 is 17.9 Å². The summed E-state index contributed by atoms with van der Waals surface area (Å²) in [6.45, 7) is 12.1.